The monoisotopic (exact) mass is 383 g/mol. The van der Waals surface area contributed by atoms with Crippen molar-refractivity contribution < 1.29 is 9.53 Å². The summed E-state index contributed by atoms with van der Waals surface area (Å²) < 4.78 is 8.59. The van der Waals surface area contributed by atoms with E-state index in [-0.39, 0.29) is 17.2 Å². The molecule has 1 aromatic heterocycles. The van der Waals surface area contributed by atoms with Gasteiger partial charge in [-0.3, -0.25) is 14.3 Å². The van der Waals surface area contributed by atoms with Gasteiger partial charge in [0.25, 0.3) is 11.5 Å². The zero-order chi connectivity index (χ0) is 19.6. The molecule has 0 aliphatic heterocycles. The van der Waals surface area contributed by atoms with Gasteiger partial charge in [-0.1, -0.05) is 18.2 Å². The lowest BCUT2D eigenvalue weighted by Gasteiger charge is -2.10. The van der Waals surface area contributed by atoms with Gasteiger partial charge in [0.1, 0.15) is 11.4 Å². The molecule has 7 heteroatoms. The number of hydrogen-bond donors (Lipinski definition) is 1. The summed E-state index contributed by atoms with van der Waals surface area (Å²) in [5, 5.41) is 2.76. The van der Waals surface area contributed by atoms with Gasteiger partial charge in [-0.2, -0.15) is 0 Å². The van der Waals surface area contributed by atoms with Crippen LogP contribution in [0, 0.1) is 6.92 Å². The van der Waals surface area contributed by atoms with Crippen LogP contribution in [0.3, 0.4) is 0 Å². The molecule has 140 valence electrons. The Labute approximate surface area is 161 Å². The first kappa shape index (κ1) is 18.8. The maximum atomic E-state index is 12.9. The normalized spacial score (nSPS) is 10.7. The van der Waals surface area contributed by atoms with Crippen LogP contribution in [-0.2, 0) is 7.05 Å². The molecule has 6 nitrogen and oxygen atoms in total. The highest BCUT2D eigenvalue weighted by Crippen LogP contribution is 2.26. The van der Waals surface area contributed by atoms with Crippen molar-refractivity contribution in [2.75, 3.05) is 18.7 Å². The van der Waals surface area contributed by atoms with Crippen LogP contribution in [0.5, 0.6) is 5.75 Å². The lowest BCUT2D eigenvalue weighted by atomic mass is 10.2. The van der Waals surface area contributed by atoms with Crippen molar-refractivity contribution in [1.29, 1.82) is 0 Å². The van der Waals surface area contributed by atoms with Gasteiger partial charge in [0.2, 0.25) is 0 Å². The molecule has 2 aromatic carbocycles. The van der Waals surface area contributed by atoms with Crippen LogP contribution in [0.1, 0.15) is 16.1 Å². The van der Waals surface area contributed by atoms with Crippen molar-refractivity contribution in [3.8, 4) is 11.4 Å². The molecule has 0 saturated carbocycles. The number of nitrogens with one attached hydrogen (secondary N) is 1. The average molecular weight is 383 g/mol. The molecule has 0 aliphatic rings. The van der Waals surface area contributed by atoms with Gasteiger partial charge < -0.3 is 10.1 Å². The van der Waals surface area contributed by atoms with E-state index in [0.29, 0.717) is 17.0 Å². The summed E-state index contributed by atoms with van der Waals surface area (Å²) in [7, 11) is 3.31. The van der Waals surface area contributed by atoms with E-state index < -0.39 is 0 Å². The number of nitrogens with zero attached hydrogens (tertiary/aromatic N) is 2. The van der Waals surface area contributed by atoms with E-state index in [2.05, 4.69) is 5.32 Å². The smallest absolute Gasteiger partial charge is 0.295 e. The van der Waals surface area contributed by atoms with Crippen molar-refractivity contribution in [3.05, 3.63) is 70.1 Å². The molecule has 0 fully saturated rings. The van der Waals surface area contributed by atoms with Crippen molar-refractivity contribution in [2.45, 2.75) is 11.8 Å². The summed E-state index contributed by atoms with van der Waals surface area (Å²) in [6.07, 6.45) is 1.95. The second kappa shape index (κ2) is 7.75. The number of aromatic nitrogens is 2. The predicted octanol–water partition coefficient (Wildman–Crippen LogP) is 3.47. The third kappa shape index (κ3) is 3.50. The molecule has 0 saturated heterocycles. The largest absolute Gasteiger partial charge is 0.496 e. The summed E-state index contributed by atoms with van der Waals surface area (Å²) in [5.41, 5.74) is 1.74. The van der Waals surface area contributed by atoms with E-state index in [4.69, 9.17) is 4.74 Å². The van der Waals surface area contributed by atoms with Crippen molar-refractivity contribution >= 4 is 23.4 Å². The molecule has 0 atom stereocenters. The Hall–Kier alpha value is -2.93. The van der Waals surface area contributed by atoms with Gasteiger partial charge in [-0.25, -0.2) is 4.68 Å². The Bertz CT molecular complexity index is 1040. The zero-order valence-electron chi connectivity index (χ0n) is 15.6. The summed E-state index contributed by atoms with van der Waals surface area (Å²) in [4.78, 5) is 26.7. The fourth-order valence-corrected chi connectivity index (χ4v) is 3.31. The Balaban J connectivity index is 2.00. The minimum absolute atomic E-state index is 0.252. The minimum Gasteiger partial charge on any atom is -0.496 e. The van der Waals surface area contributed by atoms with E-state index in [9.17, 15) is 9.59 Å². The van der Waals surface area contributed by atoms with Gasteiger partial charge >= 0.3 is 0 Å². The first-order valence-corrected chi connectivity index (χ1v) is 9.57. The number of benzene rings is 2. The zero-order valence-corrected chi connectivity index (χ0v) is 16.5. The van der Waals surface area contributed by atoms with E-state index in [1.165, 1.54) is 11.8 Å². The number of hydrogen-bond acceptors (Lipinski definition) is 4. The summed E-state index contributed by atoms with van der Waals surface area (Å²) in [6.45, 7) is 1.80. The lowest BCUT2D eigenvalue weighted by Crippen LogP contribution is -2.23. The Kier molecular flexibility index (Phi) is 5.41. The summed E-state index contributed by atoms with van der Waals surface area (Å²) >= 11 is 1.56. The molecular formula is C20H21N3O3S. The second-order valence-corrected chi connectivity index (χ2v) is 6.84. The van der Waals surface area contributed by atoms with E-state index in [1.807, 2.05) is 42.7 Å². The quantitative estimate of drug-likeness (QED) is 0.685. The molecular weight excluding hydrogens is 362 g/mol. The van der Waals surface area contributed by atoms with Crippen molar-refractivity contribution in [2.24, 2.45) is 7.05 Å². The van der Waals surface area contributed by atoms with Crippen LogP contribution in [-0.4, -0.2) is 28.6 Å². The SMILES string of the molecule is COc1cc(SC)ccc1C(=O)Nc1c(C)n(C)n(-c2ccccc2)c1=O. The molecule has 0 aliphatic carbocycles. The highest BCUT2D eigenvalue weighted by Gasteiger charge is 2.20. The lowest BCUT2D eigenvalue weighted by molar-refractivity contribution is 0.102. The Morgan fingerprint density at radius 2 is 1.85 bits per heavy atom. The first-order valence-electron chi connectivity index (χ1n) is 8.35. The third-order valence-electron chi connectivity index (χ3n) is 4.45. The van der Waals surface area contributed by atoms with Gasteiger partial charge in [0.15, 0.2) is 0 Å². The van der Waals surface area contributed by atoms with Gasteiger partial charge in [0, 0.05) is 11.9 Å². The molecule has 1 amide bonds. The Morgan fingerprint density at radius 3 is 2.48 bits per heavy atom. The minimum atomic E-state index is -0.384. The van der Waals surface area contributed by atoms with Crippen LogP contribution in [0.25, 0.3) is 5.69 Å². The molecule has 3 aromatic rings. The topological polar surface area (TPSA) is 65.3 Å². The number of carbonyl (C=O) groups excluding carboxylic acids is 1. The first-order chi connectivity index (χ1) is 13.0. The van der Waals surface area contributed by atoms with Crippen LogP contribution >= 0.6 is 11.8 Å². The molecule has 1 N–H and O–H groups in total. The highest BCUT2D eigenvalue weighted by molar-refractivity contribution is 7.98. The number of carbonyl (C=O) groups is 1. The number of rotatable bonds is 5. The maximum absolute atomic E-state index is 12.9. The highest BCUT2D eigenvalue weighted by atomic mass is 32.2. The van der Waals surface area contributed by atoms with E-state index in [0.717, 1.165) is 10.6 Å². The van der Waals surface area contributed by atoms with Gasteiger partial charge in [-0.05, 0) is 43.5 Å². The van der Waals surface area contributed by atoms with E-state index >= 15 is 0 Å². The van der Waals surface area contributed by atoms with Crippen molar-refractivity contribution in [3.63, 3.8) is 0 Å². The molecule has 0 unspecified atom stereocenters. The number of anilines is 1. The number of thioether (sulfide) groups is 1. The van der Waals surface area contributed by atoms with Crippen LogP contribution in [0.4, 0.5) is 5.69 Å². The van der Waals surface area contributed by atoms with Crippen LogP contribution in [0.2, 0.25) is 0 Å². The molecule has 3 rings (SSSR count). The maximum Gasteiger partial charge on any atom is 0.295 e. The molecule has 1 heterocycles. The number of ether oxygens (including phenoxy) is 1. The molecule has 27 heavy (non-hydrogen) atoms. The standard InChI is InChI=1S/C20H21N3O3S/c1-13-18(20(25)23(22(13)2)14-8-6-5-7-9-14)21-19(24)16-11-10-15(27-4)12-17(16)26-3/h5-12H,1-4H3,(H,21,24). The number of methoxy groups -OCH3 is 1. The fourth-order valence-electron chi connectivity index (χ4n) is 2.88. The van der Waals surface area contributed by atoms with E-state index in [1.54, 1.807) is 42.5 Å². The third-order valence-corrected chi connectivity index (χ3v) is 5.17. The van der Waals surface area contributed by atoms with Gasteiger partial charge in [0.05, 0.1) is 24.1 Å². The fraction of sp³-hybridized carbons (Fsp3) is 0.200. The molecule has 0 spiro atoms. The predicted molar refractivity (Wildman–Crippen MR) is 108 cm³/mol. The molecule has 0 radical (unpaired) electrons. The Morgan fingerprint density at radius 1 is 1.15 bits per heavy atom. The number of para-hydroxylation sites is 1. The summed E-state index contributed by atoms with van der Waals surface area (Å²) in [5.74, 6) is 0.0850. The second-order valence-electron chi connectivity index (χ2n) is 5.96. The van der Waals surface area contributed by atoms with Gasteiger partial charge in [-0.15, -0.1) is 11.8 Å². The number of amides is 1. The van der Waals surface area contributed by atoms with Crippen molar-refractivity contribution in [1.82, 2.24) is 9.36 Å². The average Bonchev–Trinajstić information content (AvgIpc) is 2.91. The molecule has 0 bridgehead atoms. The summed E-state index contributed by atoms with van der Waals surface area (Å²) in [6, 6.07) is 14.7. The van der Waals surface area contributed by atoms with Crippen LogP contribution in [0.15, 0.2) is 58.2 Å². The van der Waals surface area contributed by atoms with Crippen LogP contribution < -0.4 is 15.6 Å².